The molecular weight excluding hydrogens is 238 g/mol. The van der Waals surface area contributed by atoms with E-state index in [1.165, 1.54) is 25.7 Å². The summed E-state index contributed by atoms with van der Waals surface area (Å²) in [5, 5.41) is 10.0. The Kier molecular flexibility index (Phi) is 7.53. The summed E-state index contributed by atoms with van der Waals surface area (Å²) in [5.41, 5.74) is 7.18. The zero-order valence-corrected chi connectivity index (χ0v) is 12.1. The van der Waals surface area contributed by atoms with Gasteiger partial charge in [-0.15, -0.1) is 0 Å². The van der Waals surface area contributed by atoms with Crippen molar-refractivity contribution >= 4 is 5.69 Å². The number of benzene rings is 1. The van der Waals surface area contributed by atoms with Crippen LogP contribution in [0.5, 0.6) is 0 Å². The van der Waals surface area contributed by atoms with E-state index in [1.807, 2.05) is 18.2 Å². The van der Waals surface area contributed by atoms with E-state index in [2.05, 4.69) is 13.8 Å². The van der Waals surface area contributed by atoms with Crippen LogP contribution in [0.2, 0.25) is 0 Å². The van der Waals surface area contributed by atoms with Crippen LogP contribution in [0, 0.1) is 0 Å². The Morgan fingerprint density at radius 1 is 1.26 bits per heavy atom. The maximum absolute atomic E-state index is 10.0. The minimum atomic E-state index is -0.596. The van der Waals surface area contributed by atoms with Gasteiger partial charge in [0.05, 0.1) is 12.7 Å². The molecule has 3 heteroatoms. The Labute approximate surface area is 116 Å². The molecule has 0 radical (unpaired) electrons. The van der Waals surface area contributed by atoms with Crippen molar-refractivity contribution in [1.82, 2.24) is 0 Å². The molecule has 0 aliphatic rings. The van der Waals surface area contributed by atoms with Crippen LogP contribution >= 0.6 is 0 Å². The van der Waals surface area contributed by atoms with E-state index in [0.717, 1.165) is 12.0 Å². The van der Waals surface area contributed by atoms with Gasteiger partial charge in [-0.05, 0) is 31.0 Å². The fraction of sp³-hybridized carbons (Fsp3) is 0.625. The molecule has 3 N–H and O–H groups in total. The molecule has 0 fully saturated rings. The van der Waals surface area contributed by atoms with Crippen LogP contribution in [-0.4, -0.2) is 17.8 Å². The van der Waals surface area contributed by atoms with Crippen LogP contribution in [0.25, 0.3) is 0 Å². The molecule has 19 heavy (non-hydrogen) atoms. The molecular formula is C16H27NO2. The average molecular weight is 265 g/mol. The molecule has 1 aromatic rings. The third kappa shape index (κ3) is 6.60. The number of hydrogen-bond donors (Lipinski definition) is 2. The monoisotopic (exact) mass is 265 g/mol. The number of aliphatic hydroxyl groups excluding tert-OH is 1. The van der Waals surface area contributed by atoms with Crippen molar-refractivity contribution in [3.8, 4) is 0 Å². The zero-order chi connectivity index (χ0) is 14.1. The van der Waals surface area contributed by atoms with E-state index in [-0.39, 0.29) is 6.10 Å². The molecule has 0 saturated carbocycles. The Bertz CT molecular complexity index is 354. The van der Waals surface area contributed by atoms with Crippen molar-refractivity contribution in [2.75, 3.05) is 12.3 Å². The molecule has 0 bridgehead atoms. The number of rotatable bonds is 9. The minimum Gasteiger partial charge on any atom is -0.399 e. The number of ether oxygens (including phenoxy) is 1. The normalized spacial score (nSPS) is 14.3. The topological polar surface area (TPSA) is 55.5 Å². The Morgan fingerprint density at radius 3 is 2.74 bits per heavy atom. The summed E-state index contributed by atoms with van der Waals surface area (Å²) in [4.78, 5) is 0. The summed E-state index contributed by atoms with van der Waals surface area (Å²) < 4.78 is 5.69. The standard InChI is InChI=1S/C16H27NO2/c1-3-4-5-6-8-13(2)19-12-16(18)14-9-7-10-15(17)11-14/h7,9-11,13,16,18H,3-6,8,12,17H2,1-2H3. The van der Waals surface area contributed by atoms with Gasteiger partial charge in [0.25, 0.3) is 0 Å². The van der Waals surface area contributed by atoms with Crippen molar-refractivity contribution < 1.29 is 9.84 Å². The lowest BCUT2D eigenvalue weighted by Gasteiger charge is -2.17. The number of nitrogen functional groups attached to an aromatic ring is 1. The van der Waals surface area contributed by atoms with E-state index < -0.39 is 6.10 Å². The third-order valence-electron chi connectivity index (χ3n) is 3.30. The lowest BCUT2D eigenvalue weighted by molar-refractivity contribution is -0.00649. The predicted octanol–water partition coefficient (Wildman–Crippen LogP) is 3.68. The maximum atomic E-state index is 10.0. The average Bonchev–Trinajstić information content (AvgIpc) is 2.41. The van der Waals surface area contributed by atoms with E-state index >= 15 is 0 Å². The van der Waals surface area contributed by atoms with Gasteiger partial charge in [0.2, 0.25) is 0 Å². The summed E-state index contributed by atoms with van der Waals surface area (Å²) in [6.07, 6.45) is 5.67. The first-order chi connectivity index (χ1) is 9.13. The Hall–Kier alpha value is -1.06. The fourth-order valence-corrected chi connectivity index (χ4v) is 2.06. The predicted molar refractivity (Wildman–Crippen MR) is 80.0 cm³/mol. The van der Waals surface area contributed by atoms with Gasteiger partial charge in [-0.1, -0.05) is 44.7 Å². The van der Waals surface area contributed by atoms with E-state index in [1.54, 1.807) is 6.07 Å². The zero-order valence-electron chi connectivity index (χ0n) is 12.1. The molecule has 0 heterocycles. The largest absolute Gasteiger partial charge is 0.399 e. The molecule has 0 amide bonds. The molecule has 1 rings (SSSR count). The Balaban J connectivity index is 2.24. The second kappa shape index (κ2) is 8.94. The van der Waals surface area contributed by atoms with Crippen LogP contribution in [-0.2, 0) is 4.74 Å². The van der Waals surface area contributed by atoms with E-state index in [0.29, 0.717) is 12.3 Å². The van der Waals surface area contributed by atoms with Crippen LogP contribution in [0.4, 0.5) is 5.69 Å². The summed E-state index contributed by atoms with van der Waals surface area (Å²) in [6.45, 7) is 4.61. The third-order valence-corrected chi connectivity index (χ3v) is 3.30. The fourth-order valence-electron chi connectivity index (χ4n) is 2.06. The van der Waals surface area contributed by atoms with Crippen LogP contribution in [0.3, 0.4) is 0 Å². The quantitative estimate of drug-likeness (QED) is 0.529. The number of hydrogen-bond acceptors (Lipinski definition) is 3. The first-order valence-corrected chi connectivity index (χ1v) is 7.28. The Morgan fingerprint density at radius 2 is 2.05 bits per heavy atom. The van der Waals surface area contributed by atoms with Crippen LogP contribution < -0.4 is 5.73 Å². The molecule has 108 valence electrons. The maximum Gasteiger partial charge on any atom is 0.102 e. The van der Waals surface area contributed by atoms with E-state index in [9.17, 15) is 5.11 Å². The molecule has 0 spiro atoms. The number of unbranched alkanes of at least 4 members (excludes halogenated alkanes) is 3. The highest BCUT2D eigenvalue weighted by molar-refractivity contribution is 5.41. The van der Waals surface area contributed by atoms with Gasteiger partial charge in [0.15, 0.2) is 0 Å². The van der Waals surface area contributed by atoms with Crippen molar-refractivity contribution in [3.05, 3.63) is 29.8 Å². The minimum absolute atomic E-state index is 0.201. The van der Waals surface area contributed by atoms with Gasteiger partial charge in [0.1, 0.15) is 6.10 Å². The molecule has 0 saturated heterocycles. The van der Waals surface area contributed by atoms with Gasteiger partial charge in [-0.3, -0.25) is 0 Å². The van der Waals surface area contributed by atoms with Gasteiger partial charge in [0, 0.05) is 5.69 Å². The highest BCUT2D eigenvalue weighted by Crippen LogP contribution is 2.17. The molecule has 0 aliphatic carbocycles. The molecule has 1 aromatic carbocycles. The van der Waals surface area contributed by atoms with E-state index in [4.69, 9.17) is 10.5 Å². The van der Waals surface area contributed by atoms with Crippen LogP contribution in [0.1, 0.15) is 57.6 Å². The van der Waals surface area contributed by atoms with Gasteiger partial charge in [-0.25, -0.2) is 0 Å². The summed E-state index contributed by atoms with van der Waals surface area (Å²) in [6, 6.07) is 7.33. The first kappa shape index (κ1) is 16.0. The lowest BCUT2D eigenvalue weighted by Crippen LogP contribution is -2.14. The highest BCUT2D eigenvalue weighted by Gasteiger charge is 2.10. The number of aliphatic hydroxyl groups is 1. The van der Waals surface area contributed by atoms with Gasteiger partial charge < -0.3 is 15.6 Å². The second-order valence-corrected chi connectivity index (χ2v) is 5.18. The van der Waals surface area contributed by atoms with Crippen molar-refractivity contribution in [2.45, 2.75) is 58.2 Å². The van der Waals surface area contributed by atoms with Crippen molar-refractivity contribution in [1.29, 1.82) is 0 Å². The summed E-state index contributed by atoms with van der Waals surface area (Å²) >= 11 is 0. The van der Waals surface area contributed by atoms with Crippen molar-refractivity contribution in [3.63, 3.8) is 0 Å². The second-order valence-electron chi connectivity index (χ2n) is 5.18. The van der Waals surface area contributed by atoms with Gasteiger partial charge >= 0.3 is 0 Å². The number of anilines is 1. The van der Waals surface area contributed by atoms with Gasteiger partial charge in [-0.2, -0.15) is 0 Å². The molecule has 2 unspecified atom stereocenters. The number of nitrogens with two attached hydrogens (primary N) is 1. The van der Waals surface area contributed by atoms with Crippen molar-refractivity contribution in [2.24, 2.45) is 0 Å². The molecule has 0 aromatic heterocycles. The van der Waals surface area contributed by atoms with Crippen LogP contribution in [0.15, 0.2) is 24.3 Å². The lowest BCUT2D eigenvalue weighted by atomic mass is 10.1. The smallest absolute Gasteiger partial charge is 0.102 e. The summed E-state index contributed by atoms with van der Waals surface area (Å²) in [5.74, 6) is 0. The SMILES string of the molecule is CCCCCCC(C)OCC(O)c1cccc(N)c1. The highest BCUT2D eigenvalue weighted by atomic mass is 16.5. The molecule has 2 atom stereocenters. The molecule has 0 aliphatic heterocycles. The first-order valence-electron chi connectivity index (χ1n) is 7.28. The summed E-state index contributed by atoms with van der Waals surface area (Å²) in [7, 11) is 0. The molecule has 3 nitrogen and oxygen atoms in total.